The molecule has 1 N–H and O–H groups in total. The van der Waals surface area contributed by atoms with E-state index in [4.69, 9.17) is 4.42 Å². The first-order chi connectivity index (χ1) is 8.69. The van der Waals surface area contributed by atoms with Crippen molar-refractivity contribution >= 4 is 21.9 Å². The Hall–Kier alpha value is -2.29. The molecule has 1 heterocycles. The van der Waals surface area contributed by atoms with Crippen molar-refractivity contribution < 1.29 is 9.52 Å². The van der Waals surface area contributed by atoms with Crippen LogP contribution in [0.25, 0.3) is 21.9 Å². The highest BCUT2D eigenvalue weighted by Gasteiger charge is 2.08. The quantitative estimate of drug-likeness (QED) is 0.664. The van der Waals surface area contributed by atoms with Crippen LogP contribution in [0.3, 0.4) is 0 Å². The second kappa shape index (κ2) is 3.88. The first kappa shape index (κ1) is 10.8. The molecule has 3 heteroatoms. The Morgan fingerprint density at radius 1 is 1.06 bits per heavy atom. The normalized spacial score (nSPS) is 11.2. The van der Waals surface area contributed by atoms with Gasteiger partial charge in [-0.05, 0) is 36.2 Å². The number of fused-ring (bicyclic) bond motifs is 2. The summed E-state index contributed by atoms with van der Waals surface area (Å²) >= 11 is 0. The monoisotopic (exact) mass is 240 g/mol. The molecule has 1 aromatic heterocycles. The van der Waals surface area contributed by atoms with E-state index >= 15 is 0 Å². The van der Waals surface area contributed by atoms with Crippen LogP contribution in [0.2, 0.25) is 0 Å². The summed E-state index contributed by atoms with van der Waals surface area (Å²) in [5, 5.41) is 10.5. The standard InChI is InChI=1S/C15H12O3/c1-2-9-3-5-11-13(7-9)18-14-8-10(16)4-6-12(14)15(11)17/h3-8,16H,2H2,1H3. The predicted octanol–water partition coefficient (Wildman–Crippen LogP) is 3.21. The van der Waals surface area contributed by atoms with Crippen LogP contribution >= 0.6 is 0 Å². The van der Waals surface area contributed by atoms with Gasteiger partial charge in [0.25, 0.3) is 0 Å². The molecule has 0 atom stereocenters. The Kier molecular flexibility index (Phi) is 2.33. The molecule has 0 saturated heterocycles. The molecule has 0 aliphatic heterocycles. The third-order valence-electron chi connectivity index (χ3n) is 3.13. The minimum absolute atomic E-state index is 0.0612. The van der Waals surface area contributed by atoms with E-state index in [0.717, 1.165) is 12.0 Å². The minimum atomic E-state index is -0.0612. The number of aromatic hydroxyl groups is 1. The van der Waals surface area contributed by atoms with E-state index in [2.05, 4.69) is 0 Å². The number of phenols is 1. The van der Waals surface area contributed by atoms with Crippen LogP contribution in [0.1, 0.15) is 12.5 Å². The smallest absolute Gasteiger partial charge is 0.200 e. The second-order valence-electron chi connectivity index (χ2n) is 4.30. The second-order valence-corrected chi connectivity index (χ2v) is 4.30. The van der Waals surface area contributed by atoms with Gasteiger partial charge in [-0.1, -0.05) is 13.0 Å². The zero-order chi connectivity index (χ0) is 12.7. The molecule has 0 spiro atoms. The molecular formula is C15H12O3. The number of phenolic OH excluding ortho intramolecular Hbond substituents is 1. The topological polar surface area (TPSA) is 50.4 Å². The molecule has 0 radical (unpaired) electrons. The van der Waals surface area contributed by atoms with Crippen LogP contribution in [-0.2, 0) is 6.42 Å². The number of aryl methyl sites for hydroxylation is 1. The van der Waals surface area contributed by atoms with E-state index in [-0.39, 0.29) is 11.2 Å². The van der Waals surface area contributed by atoms with E-state index in [9.17, 15) is 9.90 Å². The molecule has 0 saturated carbocycles. The molecule has 3 nitrogen and oxygen atoms in total. The Morgan fingerprint density at radius 2 is 1.72 bits per heavy atom. The SMILES string of the molecule is CCc1ccc2c(=O)c3ccc(O)cc3oc2c1. The summed E-state index contributed by atoms with van der Waals surface area (Å²) in [6, 6.07) is 10.2. The Labute approximate surface area is 103 Å². The fourth-order valence-electron chi connectivity index (χ4n) is 2.11. The maximum atomic E-state index is 12.3. The summed E-state index contributed by atoms with van der Waals surface area (Å²) in [5.74, 6) is 0.0941. The molecular weight excluding hydrogens is 228 g/mol. The van der Waals surface area contributed by atoms with Crippen molar-refractivity contribution in [3.8, 4) is 5.75 Å². The fourth-order valence-corrected chi connectivity index (χ4v) is 2.11. The van der Waals surface area contributed by atoms with E-state index in [1.54, 1.807) is 12.1 Å². The van der Waals surface area contributed by atoms with Crippen molar-refractivity contribution in [1.29, 1.82) is 0 Å². The zero-order valence-electron chi connectivity index (χ0n) is 9.93. The van der Waals surface area contributed by atoms with Gasteiger partial charge in [0.2, 0.25) is 5.43 Å². The van der Waals surface area contributed by atoms with Gasteiger partial charge in [0.05, 0.1) is 10.8 Å². The highest BCUT2D eigenvalue weighted by molar-refractivity contribution is 5.90. The number of benzene rings is 2. The van der Waals surface area contributed by atoms with Crippen LogP contribution in [0.4, 0.5) is 0 Å². The van der Waals surface area contributed by atoms with Crippen molar-refractivity contribution in [2.24, 2.45) is 0 Å². The third-order valence-corrected chi connectivity index (χ3v) is 3.13. The van der Waals surface area contributed by atoms with Gasteiger partial charge in [0, 0.05) is 6.07 Å². The van der Waals surface area contributed by atoms with Crippen LogP contribution in [-0.4, -0.2) is 5.11 Å². The minimum Gasteiger partial charge on any atom is -0.508 e. The van der Waals surface area contributed by atoms with Crippen molar-refractivity contribution in [3.05, 3.63) is 52.2 Å². The molecule has 18 heavy (non-hydrogen) atoms. The average molecular weight is 240 g/mol. The van der Waals surface area contributed by atoms with Gasteiger partial charge in [0.15, 0.2) is 0 Å². The summed E-state index contributed by atoms with van der Waals surface area (Å²) in [7, 11) is 0. The lowest BCUT2D eigenvalue weighted by molar-refractivity contribution is 0.474. The van der Waals surface area contributed by atoms with Crippen LogP contribution < -0.4 is 5.43 Å². The maximum Gasteiger partial charge on any atom is 0.200 e. The lowest BCUT2D eigenvalue weighted by Gasteiger charge is -2.03. The van der Waals surface area contributed by atoms with E-state index in [1.807, 2.05) is 19.1 Å². The average Bonchev–Trinajstić information content (AvgIpc) is 2.38. The van der Waals surface area contributed by atoms with Gasteiger partial charge >= 0.3 is 0 Å². The van der Waals surface area contributed by atoms with Crippen molar-refractivity contribution in [2.75, 3.05) is 0 Å². The summed E-state index contributed by atoms with van der Waals surface area (Å²) < 4.78 is 5.69. The van der Waals surface area contributed by atoms with Gasteiger partial charge in [-0.2, -0.15) is 0 Å². The van der Waals surface area contributed by atoms with Gasteiger partial charge in [-0.15, -0.1) is 0 Å². The predicted molar refractivity (Wildman–Crippen MR) is 71.0 cm³/mol. The Balaban J connectivity index is 2.48. The highest BCUT2D eigenvalue weighted by atomic mass is 16.3. The molecule has 90 valence electrons. The lowest BCUT2D eigenvalue weighted by atomic mass is 10.1. The molecule has 2 aromatic carbocycles. The molecule has 0 aliphatic rings. The van der Waals surface area contributed by atoms with Gasteiger partial charge in [-0.25, -0.2) is 0 Å². The van der Waals surface area contributed by atoms with Gasteiger partial charge < -0.3 is 9.52 Å². The highest BCUT2D eigenvalue weighted by Crippen LogP contribution is 2.22. The van der Waals surface area contributed by atoms with Crippen molar-refractivity contribution in [1.82, 2.24) is 0 Å². The summed E-state index contributed by atoms with van der Waals surface area (Å²) in [4.78, 5) is 12.3. The lowest BCUT2D eigenvalue weighted by Crippen LogP contribution is -2.02. The molecule has 0 amide bonds. The maximum absolute atomic E-state index is 12.3. The van der Waals surface area contributed by atoms with E-state index in [1.165, 1.54) is 12.1 Å². The van der Waals surface area contributed by atoms with Gasteiger partial charge in [0.1, 0.15) is 16.9 Å². The number of hydrogen-bond donors (Lipinski definition) is 1. The Bertz CT molecular complexity index is 800. The fraction of sp³-hybridized carbons (Fsp3) is 0.133. The van der Waals surface area contributed by atoms with Crippen LogP contribution in [0.5, 0.6) is 5.75 Å². The van der Waals surface area contributed by atoms with E-state index in [0.29, 0.717) is 21.9 Å². The molecule has 0 fully saturated rings. The summed E-state index contributed by atoms with van der Waals surface area (Å²) in [5.41, 5.74) is 2.04. The van der Waals surface area contributed by atoms with Gasteiger partial charge in [-0.3, -0.25) is 4.79 Å². The Morgan fingerprint density at radius 3 is 2.44 bits per heavy atom. The first-order valence-corrected chi connectivity index (χ1v) is 5.87. The summed E-state index contributed by atoms with van der Waals surface area (Å²) in [6.45, 7) is 2.05. The third kappa shape index (κ3) is 1.56. The van der Waals surface area contributed by atoms with Crippen LogP contribution in [0.15, 0.2) is 45.6 Å². The molecule has 3 aromatic rings. The first-order valence-electron chi connectivity index (χ1n) is 5.87. The molecule has 0 aliphatic carbocycles. The molecule has 3 rings (SSSR count). The molecule has 0 bridgehead atoms. The number of hydrogen-bond acceptors (Lipinski definition) is 3. The van der Waals surface area contributed by atoms with E-state index < -0.39 is 0 Å². The summed E-state index contributed by atoms with van der Waals surface area (Å²) in [6.07, 6.45) is 0.887. The van der Waals surface area contributed by atoms with Crippen molar-refractivity contribution in [3.63, 3.8) is 0 Å². The van der Waals surface area contributed by atoms with Crippen LogP contribution in [0, 0.1) is 0 Å². The zero-order valence-corrected chi connectivity index (χ0v) is 9.93. The van der Waals surface area contributed by atoms with Crippen molar-refractivity contribution in [2.45, 2.75) is 13.3 Å². The molecule has 0 unspecified atom stereocenters. The largest absolute Gasteiger partial charge is 0.508 e. The number of rotatable bonds is 1.